The van der Waals surface area contributed by atoms with E-state index in [-0.39, 0.29) is 5.91 Å². The van der Waals surface area contributed by atoms with Gasteiger partial charge >= 0.3 is 0 Å². The van der Waals surface area contributed by atoms with Gasteiger partial charge in [-0.05, 0) is 31.7 Å². The third-order valence-electron chi connectivity index (χ3n) is 3.62. The van der Waals surface area contributed by atoms with Crippen LogP contribution >= 0.6 is 22.9 Å². The molecule has 1 heterocycles. The van der Waals surface area contributed by atoms with Gasteiger partial charge in [-0.1, -0.05) is 42.3 Å². The Morgan fingerprint density at radius 1 is 1.19 bits per heavy atom. The van der Waals surface area contributed by atoms with Crippen LogP contribution in [0.1, 0.15) is 41.8 Å². The van der Waals surface area contributed by atoms with Crippen LogP contribution in [0.15, 0.2) is 36.0 Å². The Balaban J connectivity index is 1.72. The Bertz CT molecular complexity index is 693. The van der Waals surface area contributed by atoms with Gasteiger partial charge in [0.2, 0.25) is 0 Å². The lowest BCUT2D eigenvalue weighted by molar-refractivity contribution is 0.0942. The second-order valence-electron chi connectivity index (χ2n) is 5.15. The Kier molecular flexibility index (Phi) is 4.46. The minimum absolute atomic E-state index is 0.175. The van der Waals surface area contributed by atoms with E-state index in [1.807, 2.05) is 24.3 Å². The molecule has 21 heavy (non-hydrogen) atoms. The van der Waals surface area contributed by atoms with Crippen molar-refractivity contribution in [2.24, 2.45) is 0 Å². The van der Waals surface area contributed by atoms with Crippen LogP contribution in [0.25, 0.3) is 10.1 Å². The van der Waals surface area contributed by atoms with E-state index in [0.29, 0.717) is 9.90 Å². The largest absolute Gasteiger partial charge is 0.303 e. The van der Waals surface area contributed by atoms with Gasteiger partial charge in [-0.15, -0.1) is 11.3 Å². The van der Waals surface area contributed by atoms with Crippen molar-refractivity contribution in [2.45, 2.75) is 32.1 Å². The van der Waals surface area contributed by atoms with Gasteiger partial charge in [-0.3, -0.25) is 10.2 Å². The van der Waals surface area contributed by atoms with Crippen LogP contribution < -0.4 is 10.9 Å². The van der Waals surface area contributed by atoms with E-state index >= 15 is 0 Å². The highest BCUT2D eigenvalue weighted by Crippen LogP contribution is 2.34. The maximum absolute atomic E-state index is 12.3. The van der Waals surface area contributed by atoms with Gasteiger partial charge in [0, 0.05) is 15.8 Å². The first-order valence-corrected chi connectivity index (χ1v) is 8.37. The molecule has 0 unspecified atom stereocenters. The van der Waals surface area contributed by atoms with Crippen LogP contribution in [0.2, 0.25) is 5.02 Å². The van der Waals surface area contributed by atoms with Crippen molar-refractivity contribution < 1.29 is 4.79 Å². The molecule has 1 aliphatic rings. The van der Waals surface area contributed by atoms with Crippen molar-refractivity contribution >= 4 is 38.9 Å². The summed E-state index contributed by atoms with van der Waals surface area (Å²) in [6, 6.07) is 7.79. The lowest BCUT2D eigenvalue weighted by Crippen LogP contribution is -2.36. The zero-order valence-electron chi connectivity index (χ0n) is 11.6. The minimum atomic E-state index is -0.175. The normalized spacial score (nSPS) is 15.4. The molecule has 1 amide bonds. The van der Waals surface area contributed by atoms with Crippen molar-refractivity contribution in [3.8, 4) is 0 Å². The second-order valence-corrected chi connectivity index (χ2v) is 6.58. The molecule has 0 saturated heterocycles. The number of hydrogen-bond acceptors (Lipinski definition) is 3. The summed E-state index contributed by atoms with van der Waals surface area (Å²) in [7, 11) is 0. The molecule has 1 aromatic carbocycles. The third kappa shape index (κ3) is 3.22. The van der Waals surface area contributed by atoms with E-state index in [2.05, 4.69) is 16.9 Å². The molecule has 0 fully saturated rings. The van der Waals surface area contributed by atoms with Crippen molar-refractivity contribution in [1.82, 2.24) is 10.9 Å². The summed E-state index contributed by atoms with van der Waals surface area (Å²) < 4.78 is 1.03. The predicted octanol–water partition coefficient (Wildman–Crippen LogP) is 4.64. The quantitative estimate of drug-likeness (QED) is 0.809. The van der Waals surface area contributed by atoms with Gasteiger partial charge in [-0.2, -0.15) is 0 Å². The topological polar surface area (TPSA) is 41.1 Å². The maximum atomic E-state index is 12.3. The third-order valence-corrected chi connectivity index (χ3v) is 5.29. The molecule has 0 radical (unpaired) electrons. The number of halogens is 1. The van der Waals surface area contributed by atoms with Crippen LogP contribution in [0, 0.1) is 0 Å². The summed E-state index contributed by atoms with van der Waals surface area (Å²) in [6.45, 7) is 0. The van der Waals surface area contributed by atoms with E-state index in [1.165, 1.54) is 30.6 Å². The lowest BCUT2D eigenvalue weighted by atomic mass is 10.2. The van der Waals surface area contributed by atoms with Crippen molar-refractivity contribution in [3.63, 3.8) is 0 Å². The van der Waals surface area contributed by atoms with E-state index in [4.69, 9.17) is 11.6 Å². The first-order valence-electron chi connectivity index (χ1n) is 7.18. The average molecular weight is 321 g/mol. The number of rotatable bonds is 3. The second kappa shape index (κ2) is 6.50. The molecule has 0 bridgehead atoms. The van der Waals surface area contributed by atoms with Crippen LogP contribution in [-0.4, -0.2) is 5.91 Å². The molecule has 2 N–H and O–H groups in total. The number of carbonyl (C=O) groups is 1. The fraction of sp³-hybridized carbons (Fsp3) is 0.312. The Morgan fingerprint density at radius 3 is 2.90 bits per heavy atom. The molecule has 0 spiro atoms. The number of amides is 1. The van der Waals surface area contributed by atoms with Gasteiger partial charge in [0.25, 0.3) is 5.91 Å². The minimum Gasteiger partial charge on any atom is -0.303 e. The number of hydrogen-bond donors (Lipinski definition) is 2. The molecule has 5 heteroatoms. The zero-order valence-corrected chi connectivity index (χ0v) is 13.2. The van der Waals surface area contributed by atoms with Crippen molar-refractivity contribution in [3.05, 3.63) is 45.9 Å². The summed E-state index contributed by atoms with van der Waals surface area (Å²) >= 11 is 7.73. The number of benzene rings is 1. The fourth-order valence-corrected chi connectivity index (χ4v) is 3.89. The maximum Gasteiger partial charge on any atom is 0.281 e. The summed E-state index contributed by atoms with van der Waals surface area (Å²) in [5.74, 6) is -0.175. The van der Waals surface area contributed by atoms with Gasteiger partial charge in [-0.25, -0.2) is 0 Å². The van der Waals surface area contributed by atoms with Crippen molar-refractivity contribution in [2.75, 3.05) is 0 Å². The number of nitrogens with one attached hydrogen (secondary N) is 2. The summed E-state index contributed by atoms with van der Waals surface area (Å²) in [5, 5.41) is 1.47. The first-order chi connectivity index (χ1) is 10.3. The van der Waals surface area contributed by atoms with Gasteiger partial charge < -0.3 is 5.43 Å². The lowest BCUT2D eigenvalue weighted by Gasteiger charge is -2.10. The SMILES string of the molecule is O=C(NNC1=CCCCCC1)c1sc2ccccc2c1Cl. The van der Waals surface area contributed by atoms with Gasteiger partial charge in [0.05, 0.1) is 5.02 Å². The molecule has 0 saturated carbocycles. The molecule has 3 rings (SSSR count). The van der Waals surface area contributed by atoms with E-state index in [0.717, 1.165) is 28.6 Å². The zero-order chi connectivity index (χ0) is 14.7. The van der Waals surface area contributed by atoms with Gasteiger partial charge in [0.1, 0.15) is 4.88 Å². The molecule has 0 atom stereocenters. The van der Waals surface area contributed by atoms with Crippen LogP contribution in [-0.2, 0) is 0 Å². The Hall–Kier alpha value is -1.52. The highest BCUT2D eigenvalue weighted by molar-refractivity contribution is 7.21. The highest BCUT2D eigenvalue weighted by Gasteiger charge is 2.16. The summed E-state index contributed by atoms with van der Waals surface area (Å²) in [4.78, 5) is 12.8. The van der Waals surface area contributed by atoms with Crippen LogP contribution in [0.5, 0.6) is 0 Å². The van der Waals surface area contributed by atoms with Crippen molar-refractivity contribution in [1.29, 1.82) is 0 Å². The summed E-state index contributed by atoms with van der Waals surface area (Å²) in [6.07, 6.45) is 7.86. The van der Waals surface area contributed by atoms with Crippen LogP contribution in [0.3, 0.4) is 0 Å². The molecular weight excluding hydrogens is 304 g/mol. The Morgan fingerprint density at radius 2 is 2.05 bits per heavy atom. The summed E-state index contributed by atoms with van der Waals surface area (Å²) in [5.41, 5.74) is 6.90. The molecular formula is C16H17ClN2OS. The molecule has 2 aromatic rings. The highest BCUT2D eigenvalue weighted by atomic mass is 35.5. The molecule has 110 valence electrons. The van der Waals surface area contributed by atoms with Gasteiger partial charge in [0.15, 0.2) is 0 Å². The van der Waals surface area contributed by atoms with E-state index in [1.54, 1.807) is 0 Å². The molecule has 0 aliphatic heterocycles. The smallest absolute Gasteiger partial charge is 0.281 e. The first kappa shape index (κ1) is 14.4. The molecule has 3 nitrogen and oxygen atoms in total. The fourth-order valence-electron chi connectivity index (χ4n) is 2.48. The van der Waals surface area contributed by atoms with E-state index < -0.39 is 0 Å². The number of thiophene rings is 1. The average Bonchev–Trinajstić information content (AvgIpc) is 2.68. The monoisotopic (exact) mass is 320 g/mol. The Labute approximate surface area is 133 Å². The standard InChI is InChI=1S/C16H17ClN2OS/c17-14-12-9-5-6-10-13(12)21-15(14)16(20)19-18-11-7-3-1-2-4-8-11/h5-7,9-10,18H,1-4,8H2,(H,19,20). The number of hydrazine groups is 1. The molecule has 1 aromatic heterocycles. The molecule has 1 aliphatic carbocycles. The van der Waals surface area contributed by atoms with Crippen LogP contribution in [0.4, 0.5) is 0 Å². The predicted molar refractivity (Wildman–Crippen MR) is 88.6 cm³/mol. The number of carbonyl (C=O) groups excluding carboxylic acids is 1. The van der Waals surface area contributed by atoms with E-state index in [9.17, 15) is 4.79 Å². The number of allylic oxidation sites excluding steroid dienone is 2. The number of fused-ring (bicyclic) bond motifs is 1.